The molecule has 0 atom stereocenters. The van der Waals surface area contributed by atoms with E-state index in [9.17, 15) is 9.59 Å². The molecule has 1 aromatic carbocycles. The number of nitrogens with zero attached hydrogens (tertiary/aromatic N) is 1. The van der Waals surface area contributed by atoms with Crippen LogP contribution in [0.5, 0.6) is 0 Å². The molecule has 2 aromatic rings. The van der Waals surface area contributed by atoms with Crippen molar-refractivity contribution in [1.29, 1.82) is 0 Å². The summed E-state index contributed by atoms with van der Waals surface area (Å²) >= 11 is 1.57. The smallest absolute Gasteiger partial charge is 0.271 e. The first-order valence-corrected chi connectivity index (χ1v) is 7.76. The van der Waals surface area contributed by atoms with Crippen molar-refractivity contribution in [3.05, 3.63) is 52.2 Å². The second-order valence-electron chi connectivity index (χ2n) is 4.59. The molecule has 2 amide bonds. The van der Waals surface area contributed by atoms with E-state index in [0.717, 1.165) is 10.6 Å². The minimum absolute atomic E-state index is 0.0617. The number of thiophene rings is 1. The maximum Gasteiger partial charge on any atom is 0.271 e. The lowest BCUT2D eigenvalue weighted by atomic mass is 10.2. The third-order valence-electron chi connectivity index (χ3n) is 2.95. The molecule has 0 aliphatic rings. The number of benzene rings is 1. The Hall–Kier alpha value is -2.47. The zero-order chi connectivity index (χ0) is 15.9. The number of nitrogens with one attached hydrogen (secondary N) is 2. The van der Waals surface area contributed by atoms with Gasteiger partial charge in [-0.3, -0.25) is 9.59 Å². The first-order chi connectivity index (χ1) is 10.6. The van der Waals surface area contributed by atoms with Crippen molar-refractivity contribution >= 4 is 34.6 Å². The molecule has 2 N–H and O–H groups in total. The van der Waals surface area contributed by atoms with Gasteiger partial charge in [0.15, 0.2) is 0 Å². The predicted molar refractivity (Wildman–Crippen MR) is 89.4 cm³/mol. The Morgan fingerprint density at radius 3 is 2.50 bits per heavy atom. The van der Waals surface area contributed by atoms with E-state index < -0.39 is 0 Å². The van der Waals surface area contributed by atoms with Crippen molar-refractivity contribution in [1.82, 2.24) is 5.43 Å². The number of anilines is 1. The number of hydrogen-bond acceptors (Lipinski definition) is 4. The maximum atomic E-state index is 12.0. The van der Waals surface area contributed by atoms with Crippen LogP contribution >= 0.6 is 11.3 Å². The molecule has 1 heterocycles. The third-order valence-corrected chi connectivity index (χ3v) is 3.93. The van der Waals surface area contributed by atoms with Crippen molar-refractivity contribution in [2.45, 2.75) is 20.3 Å². The minimum atomic E-state index is -0.288. The number of carbonyl (C=O) groups is 2. The van der Waals surface area contributed by atoms with Gasteiger partial charge in [-0.25, -0.2) is 5.43 Å². The highest BCUT2D eigenvalue weighted by Crippen LogP contribution is 2.11. The highest BCUT2D eigenvalue weighted by atomic mass is 32.1. The van der Waals surface area contributed by atoms with E-state index in [1.807, 2.05) is 24.4 Å². The Labute approximate surface area is 133 Å². The Kier molecular flexibility index (Phi) is 5.43. The van der Waals surface area contributed by atoms with Crippen LogP contribution in [-0.2, 0) is 4.79 Å². The molecule has 0 saturated heterocycles. The van der Waals surface area contributed by atoms with Crippen molar-refractivity contribution in [3.63, 3.8) is 0 Å². The number of hydrazone groups is 1. The van der Waals surface area contributed by atoms with E-state index in [1.165, 1.54) is 0 Å². The highest BCUT2D eigenvalue weighted by Gasteiger charge is 2.06. The van der Waals surface area contributed by atoms with E-state index in [-0.39, 0.29) is 11.8 Å². The van der Waals surface area contributed by atoms with Gasteiger partial charge in [-0.1, -0.05) is 13.0 Å². The standard InChI is InChI=1S/C16H17N3O2S/c1-3-15(20)17-13-8-6-12(7-9-13)16(21)19-18-11(2)14-5-4-10-22-14/h4-10H,3H2,1-2H3,(H,17,20)(H,19,21)/b18-11+. The zero-order valence-electron chi connectivity index (χ0n) is 12.4. The molecular weight excluding hydrogens is 298 g/mol. The molecule has 0 aliphatic heterocycles. The fourth-order valence-electron chi connectivity index (χ4n) is 1.69. The van der Waals surface area contributed by atoms with Gasteiger partial charge in [0, 0.05) is 22.5 Å². The van der Waals surface area contributed by atoms with Gasteiger partial charge in [0.1, 0.15) is 0 Å². The molecule has 0 unspecified atom stereocenters. The Bertz CT molecular complexity index is 676. The molecule has 1 aromatic heterocycles. The fourth-order valence-corrected chi connectivity index (χ4v) is 2.37. The Morgan fingerprint density at radius 1 is 1.18 bits per heavy atom. The van der Waals surface area contributed by atoms with Crippen LogP contribution in [0.4, 0.5) is 5.69 Å². The Morgan fingerprint density at radius 2 is 1.91 bits per heavy atom. The number of hydrogen-bond donors (Lipinski definition) is 2. The summed E-state index contributed by atoms with van der Waals surface area (Å²) < 4.78 is 0. The normalized spacial score (nSPS) is 11.1. The van der Waals surface area contributed by atoms with E-state index in [1.54, 1.807) is 42.5 Å². The first-order valence-electron chi connectivity index (χ1n) is 6.88. The van der Waals surface area contributed by atoms with Crippen LogP contribution in [0.1, 0.15) is 35.5 Å². The lowest BCUT2D eigenvalue weighted by Gasteiger charge is -2.05. The third kappa shape index (κ3) is 4.26. The molecule has 0 saturated carbocycles. The molecule has 0 radical (unpaired) electrons. The summed E-state index contributed by atoms with van der Waals surface area (Å²) in [6, 6.07) is 10.6. The molecule has 0 spiro atoms. The molecule has 0 aliphatic carbocycles. The lowest BCUT2D eigenvalue weighted by molar-refractivity contribution is -0.115. The summed E-state index contributed by atoms with van der Waals surface area (Å²) in [5.74, 6) is -0.349. The summed E-state index contributed by atoms with van der Waals surface area (Å²) in [6.07, 6.45) is 0.416. The van der Waals surface area contributed by atoms with E-state index in [2.05, 4.69) is 15.8 Å². The summed E-state index contributed by atoms with van der Waals surface area (Å²) in [6.45, 7) is 3.63. The summed E-state index contributed by atoms with van der Waals surface area (Å²) in [5, 5.41) is 8.77. The molecule has 5 nitrogen and oxygen atoms in total. The van der Waals surface area contributed by atoms with Gasteiger partial charge in [-0.15, -0.1) is 11.3 Å². The van der Waals surface area contributed by atoms with Gasteiger partial charge in [0.05, 0.1) is 5.71 Å². The van der Waals surface area contributed by atoms with Gasteiger partial charge < -0.3 is 5.32 Å². The van der Waals surface area contributed by atoms with Crippen LogP contribution < -0.4 is 10.7 Å². The largest absolute Gasteiger partial charge is 0.326 e. The molecule has 22 heavy (non-hydrogen) atoms. The molecule has 114 valence electrons. The van der Waals surface area contributed by atoms with Crippen LogP contribution in [0.15, 0.2) is 46.9 Å². The average molecular weight is 315 g/mol. The predicted octanol–water partition coefficient (Wildman–Crippen LogP) is 3.25. The monoisotopic (exact) mass is 315 g/mol. The summed E-state index contributed by atoms with van der Waals surface area (Å²) in [4.78, 5) is 24.3. The van der Waals surface area contributed by atoms with Gasteiger partial charge in [0.25, 0.3) is 5.91 Å². The average Bonchev–Trinajstić information content (AvgIpc) is 3.07. The summed E-state index contributed by atoms with van der Waals surface area (Å²) in [5.41, 5.74) is 4.44. The Balaban J connectivity index is 1.98. The number of carbonyl (C=O) groups excluding carboxylic acids is 2. The van der Waals surface area contributed by atoms with E-state index in [0.29, 0.717) is 17.7 Å². The van der Waals surface area contributed by atoms with Crippen LogP contribution in [0, 0.1) is 0 Å². The quantitative estimate of drug-likeness (QED) is 0.657. The second kappa shape index (κ2) is 7.51. The molecular formula is C16H17N3O2S. The molecule has 0 bridgehead atoms. The van der Waals surface area contributed by atoms with Crippen molar-refractivity contribution in [2.75, 3.05) is 5.32 Å². The second-order valence-corrected chi connectivity index (χ2v) is 5.54. The van der Waals surface area contributed by atoms with Crippen molar-refractivity contribution < 1.29 is 9.59 Å². The van der Waals surface area contributed by atoms with Crippen molar-refractivity contribution in [3.8, 4) is 0 Å². The highest BCUT2D eigenvalue weighted by molar-refractivity contribution is 7.12. The topological polar surface area (TPSA) is 70.6 Å². The molecule has 0 fully saturated rings. The van der Waals surface area contributed by atoms with Crippen LogP contribution in [0.2, 0.25) is 0 Å². The summed E-state index contributed by atoms with van der Waals surface area (Å²) in [7, 11) is 0. The maximum absolute atomic E-state index is 12.0. The van der Waals surface area contributed by atoms with Crippen LogP contribution in [0.3, 0.4) is 0 Å². The molecule has 6 heteroatoms. The van der Waals surface area contributed by atoms with Crippen LogP contribution in [-0.4, -0.2) is 17.5 Å². The van der Waals surface area contributed by atoms with E-state index in [4.69, 9.17) is 0 Å². The first kappa shape index (κ1) is 15.9. The van der Waals surface area contributed by atoms with Gasteiger partial charge >= 0.3 is 0 Å². The SMILES string of the molecule is CCC(=O)Nc1ccc(C(=O)N/N=C(\C)c2cccs2)cc1. The number of amides is 2. The lowest BCUT2D eigenvalue weighted by Crippen LogP contribution is -2.19. The van der Waals surface area contributed by atoms with Gasteiger partial charge in [0.2, 0.25) is 5.91 Å². The van der Waals surface area contributed by atoms with E-state index >= 15 is 0 Å². The molecule has 2 rings (SSSR count). The minimum Gasteiger partial charge on any atom is -0.326 e. The zero-order valence-corrected chi connectivity index (χ0v) is 13.2. The number of rotatable bonds is 5. The van der Waals surface area contributed by atoms with Crippen LogP contribution in [0.25, 0.3) is 0 Å². The van der Waals surface area contributed by atoms with Crippen molar-refractivity contribution in [2.24, 2.45) is 5.10 Å². The van der Waals surface area contributed by atoms with Gasteiger partial charge in [-0.05, 0) is 42.6 Å². The van der Waals surface area contributed by atoms with Gasteiger partial charge in [-0.2, -0.15) is 5.10 Å². The fraction of sp³-hybridized carbons (Fsp3) is 0.188.